The van der Waals surface area contributed by atoms with Crippen molar-refractivity contribution in [2.45, 2.75) is 24.2 Å². The van der Waals surface area contributed by atoms with Crippen molar-refractivity contribution in [2.75, 3.05) is 13.1 Å². The molecule has 9 heteroatoms. The van der Waals surface area contributed by atoms with E-state index in [1.54, 1.807) is 0 Å². The van der Waals surface area contributed by atoms with Gasteiger partial charge in [-0.15, -0.1) is 0 Å². The van der Waals surface area contributed by atoms with Gasteiger partial charge < -0.3 is 4.74 Å². The molecule has 0 bridgehead atoms. The average Bonchev–Trinajstić information content (AvgIpc) is 2.62. The van der Waals surface area contributed by atoms with E-state index in [-0.39, 0.29) is 16.4 Å². The highest BCUT2D eigenvalue weighted by Gasteiger charge is 2.29. The molecule has 0 unspecified atom stereocenters. The van der Waals surface area contributed by atoms with E-state index in [0.29, 0.717) is 13.1 Å². The largest absolute Gasteiger partial charge is 0.450 e. The lowest BCUT2D eigenvalue weighted by molar-refractivity contribution is -0.385. The lowest BCUT2D eigenvalue weighted by atomic mass is 10.2. The van der Waals surface area contributed by atoms with E-state index >= 15 is 0 Å². The number of nitro benzene ring substituents is 1. The van der Waals surface area contributed by atoms with Crippen LogP contribution >= 0.6 is 0 Å². The number of sulfonamides is 1. The third-order valence-electron chi connectivity index (χ3n) is 4.10. The number of piperidine rings is 1. The van der Waals surface area contributed by atoms with E-state index in [2.05, 4.69) is 0 Å². The summed E-state index contributed by atoms with van der Waals surface area (Å²) >= 11 is 0. The van der Waals surface area contributed by atoms with Gasteiger partial charge in [-0.1, -0.05) is 12.5 Å². The molecular formula is C17H17FN2O5S. The number of nitrogens with zero attached hydrogens (tertiary/aromatic N) is 2. The molecule has 0 amide bonds. The van der Waals surface area contributed by atoms with Gasteiger partial charge in [-0.05, 0) is 37.1 Å². The van der Waals surface area contributed by atoms with Gasteiger partial charge in [0, 0.05) is 25.2 Å². The highest BCUT2D eigenvalue weighted by Crippen LogP contribution is 2.34. The number of rotatable bonds is 5. The normalized spacial score (nSPS) is 15.6. The van der Waals surface area contributed by atoms with Gasteiger partial charge in [-0.25, -0.2) is 12.8 Å². The number of halogens is 1. The highest BCUT2D eigenvalue weighted by atomic mass is 32.2. The highest BCUT2D eigenvalue weighted by molar-refractivity contribution is 7.89. The number of hydrogen-bond donors (Lipinski definition) is 0. The van der Waals surface area contributed by atoms with Gasteiger partial charge in [-0.3, -0.25) is 10.1 Å². The van der Waals surface area contributed by atoms with Crippen LogP contribution in [0.2, 0.25) is 0 Å². The third-order valence-corrected chi connectivity index (χ3v) is 6.00. The molecule has 0 radical (unpaired) electrons. The maximum absolute atomic E-state index is 13.3. The van der Waals surface area contributed by atoms with Crippen molar-refractivity contribution in [3.8, 4) is 11.5 Å². The van der Waals surface area contributed by atoms with Crippen LogP contribution in [0.25, 0.3) is 0 Å². The predicted molar refractivity (Wildman–Crippen MR) is 92.2 cm³/mol. The zero-order valence-electron chi connectivity index (χ0n) is 13.8. The van der Waals surface area contributed by atoms with E-state index in [4.69, 9.17) is 4.74 Å². The molecule has 2 aromatic carbocycles. The Hall–Kier alpha value is -2.52. The predicted octanol–water partition coefficient (Wildman–Crippen LogP) is 3.70. The second-order valence-corrected chi connectivity index (χ2v) is 7.85. The summed E-state index contributed by atoms with van der Waals surface area (Å²) in [7, 11) is -3.80. The smallest absolute Gasteiger partial charge is 0.312 e. The fourth-order valence-electron chi connectivity index (χ4n) is 2.80. The number of benzene rings is 2. The molecule has 26 heavy (non-hydrogen) atoms. The van der Waals surface area contributed by atoms with Crippen LogP contribution in [-0.4, -0.2) is 30.7 Å². The Morgan fingerprint density at radius 2 is 1.81 bits per heavy atom. The summed E-state index contributed by atoms with van der Waals surface area (Å²) in [4.78, 5) is 10.5. The molecule has 7 nitrogen and oxygen atoms in total. The van der Waals surface area contributed by atoms with E-state index in [0.717, 1.165) is 31.4 Å². The molecule has 2 aromatic rings. The van der Waals surface area contributed by atoms with Gasteiger partial charge in [0.25, 0.3) is 0 Å². The Morgan fingerprint density at radius 3 is 2.46 bits per heavy atom. The average molecular weight is 380 g/mol. The topological polar surface area (TPSA) is 89.8 Å². The summed E-state index contributed by atoms with van der Waals surface area (Å²) in [6.07, 6.45) is 2.50. The van der Waals surface area contributed by atoms with Crippen molar-refractivity contribution in [3.63, 3.8) is 0 Å². The summed E-state index contributed by atoms with van der Waals surface area (Å²) in [6, 6.07) is 8.64. The molecule has 0 aromatic heterocycles. The molecule has 1 aliphatic heterocycles. The van der Waals surface area contributed by atoms with Crippen molar-refractivity contribution >= 4 is 15.7 Å². The second kappa shape index (κ2) is 7.38. The van der Waals surface area contributed by atoms with Crippen molar-refractivity contribution in [3.05, 3.63) is 58.4 Å². The van der Waals surface area contributed by atoms with Gasteiger partial charge in [-0.2, -0.15) is 4.31 Å². The van der Waals surface area contributed by atoms with Gasteiger partial charge >= 0.3 is 5.69 Å². The molecule has 0 saturated carbocycles. The fraction of sp³-hybridized carbons (Fsp3) is 0.294. The first kappa shape index (κ1) is 18.3. The Morgan fingerprint density at radius 1 is 1.08 bits per heavy atom. The monoisotopic (exact) mass is 380 g/mol. The Kier molecular flexibility index (Phi) is 5.19. The lowest BCUT2D eigenvalue weighted by Gasteiger charge is -2.25. The summed E-state index contributed by atoms with van der Waals surface area (Å²) in [6.45, 7) is 0.801. The van der Waals surface area contributed by atoms with Gasteiger partial charge in [0.2, 0.25) is 15.8 Å². The first-order valence-corrected chi connectivity index (χ1v) is 9.54. The van der Waals surface area contributed by atoms with Crippen LogP contribution in [0.4, 0.5) is 10.1 Å². The van der Waals surface area contributed by atoms with Crippen LogP contribution in [0.3, 0.4) is 0 Å². The minimum atomic E-state index is -3.80. The van der Waals surface area contributed by atoms with Crippen LogP contribution in [0, 0.1) is 15.9 Å². The SMILES string of the molecule is O=[N+]([O-])c1cc(S(=O)(=O)N2CCCCC2)ccc1Oc1cccc(F)c1. The van der Waals surface area contributed by atoms with Gasteiger partial charge in [0.15, 0.2) is 0 Å². The fourth-order valence-corrected chi connectivity index (χ4v) is 4.34. The maximum Gasteiger partial charge on any atom is 0.312 e. The van der Waals surface area contributed by atoms with E-state index in [9.17, 15) is 22.9 Å². The summed E-state index contributed by atoms with van der Waals surface area (Å²) < 4.78 is 45.3. The van der Waals surface area contributed by atoms with Crippen molar-refractivity contribution in [1.82, 2.24) is 4.31 Å². The lowest BCUT2D eigenvalue weighted by Crippen LogP contribution is -2.35. The van der Waals surface area contributed by atoms with Crippen molar-refractivity contribution < 1.29 is 22.5 Å². The van der Waals surface area contributed by atoms with Crippen molar-refractivity contribution in [2.24, 2.45) is 0 Å². The molecule has 1 fully saturated rings. The quantitative estimate of drug-likeness (QED) is 0.583. The first-order valence-electron chi connectivity index (χ1n) is 8.10. The Labute approximate surface area is 150 Å². The Bertz CT molecular complexity index is 927. The summed E-state index contributed by atoms with van der Waals surface area (Å²) in [5.74, 6) is -0.618. The van der Waals surface area contributed by atoms with Crippen LogP contribution in [0.1, 0.15) is 19.3 Å². The van der Waals surface area contributed by atoms with Gasteiger partial charge in [0.05, 0.1) is 9.82 Å². The first-order chi connectivity index (χ1) is 12.4. The molecule has 3 rings (SSSR count). The second-order valence-electron chi connectivity index (χ2n) is 5.91. The van der Waals surface area contributed by atoms with E-state index in [1.807, 2.05) is 0 Å². The minimum Gasteiger partial charge on any atom is -0.450 e. The van der Waals surface area contributed by atoms with Crippen LogP contribution in [0.15, 0.2) is 47.4 Å². The summed E-state index contributed by atoms with van der Waals surface area (Å²) in [5.41, 5.74) is -0.493. The van der Waals surface area contributed by atoms with Crippen molar-refractivity contribution in [1.29, 1.82) is 0 Å². The van der Waals surface area contributed by atoms with E-state index in [1.165, 1.54) is 34.6 Å². The molecule has 138 valence electrons. The number of hydrogen-bond acceptors (Lipinski definition) is 5. The molecule has 0 N–H and O–H groups in total. The molecule has 1 heterocycles. The molecule has 1 aliphatic rings. The maximum atomic E-state index is 13.3. The van der Waals surface area contributed by atoms with Gasteiger partial charge in [0.1, 0.15) is 11.6 Å². The zero-order valence-corrected chi connectivity index (χ0v) is 14.6. The standard InChI is InChI=1S/C17H17FN2O5S/c18-13-5-4-6-14(11-13)25-17-8-7-15(12-16(17)20(21)22)26(23,24)19-9-2-1-3-10-19/h4-8,11-12H,1-3,9-10H2. The van der Waals surface area contributed by atoms with Crippen LogP contribution in [-0.2, 0) is 10.0 Å². The van der Waals surface area contributed by atoms with Crippen LogP contribution < -0.4 is 4.74 Å². The summed E-state index contributed by atoms with van der Waals surface area (Å²) in [5, 5.41) is 11.4. The Balaban J connectivity index is 1.95. The molecule has 0 atom stereocenters. The zero-order chi connectivity index (χ0) is 18.7. The minimum absolute atomic E-state index is 0.0831. The molecule has 0 spiro atoms. The van der Waals surface area contributed by atoms with E-state index < -0.39 is 26.5 Å². The number of ether oxygens (including phenoxy) is 1. The molecule has 0 aliphatic carbocycles. The molecular weight excluding hydrogens is 363 g/mol. The number of nitro groups is 1. The third kappa shape index (κ3) is 3.83. The molecule has 1 saturated heterocycles. The van der Waals surface area contributed by atoms with Crippen LogP contribution in [0.5, 0.6) is 11.5 Å².